The van der Waals surface area contributed by atoms with Crippen molar-refractivity contribution < 1.29 is 5.11 Å². The molecule has 0 saturated carbocycles. The van der Waals surface area contributed by atoms with Gasteiger partial charge in [-0.25, -0.2) is 0 Å². The molecule has 3 nitrogen and oxygen atoms in total. The van der Waals surface area contributed by atoms with Gasteiger partial charge in [0.15, 0.2) is 0 Å². The molecule has 1 aromatic heterocycles. The van der Waals surface area contributed by atoms with Gasteiger partial charge in [0.25, 0.3) is 0 Å². The lowest BCUT2D eigenvalue weighted by Gasteiger charge is -2.03. The third-order valence-corrected chi connectivity index (χ3v) is 1.63. The number of aromatic nitrogens is 1. The molecule has 1 heterocycles. The average Bonchev–Trinajstić information content (AvgIpc) is 2.16. The molecule has 1 rings (SSSR count). The maximum atomic E-state index is 8.75. The first kappa shape index (κ1) is 8.69. The van der Waals surface area contributed by atoms with Crippen LogP contribution >= 0.6 is 0 Å². The van der Waals surface area contributed by atoms with Crippen molar-refractivity contribution in [3.05, 3.63) is 30.1 Å². The minimum Gasteiger partial charge on any atom is -0.395 e. The van der Waals surface area contributed by atoms with E-state index in [1.54, 1.807) is 12.4 Å². The summed E-state index contributed by atoms with van der Waals surface area (Å²) in [5.41, 5.74) is 1.03. The van der Waals surface area contributed by atoms with Crippen molar-refractivity contribution in [1.29, 1.82) is 5.26 Å². The van der Waals surface area contributed by atoms with Gasteiger partial charge in [-0.05, 0) is 24.1 Å². The summed E-state index contributed by atoms with van der Waals surface area (Å²) in [4.78, 5) is 3.86. The second kappa shape index (κ2) is 4.47. The number of rotatable bonds is 3. The van der Waals surface area contributed by atoms with E-state index in [0.717, 1.165) is 5.56 Å². The van der Waals surface area contributed by atoms with E-state index < -0.39 is 0 Å². The summed E-state index contributed by atoms with van der Waals surface area (Å²) in [5.74, 6) is -0.299. The molecule has 0 spiro atoms. The van der Waals surface area contributed by atoms with Crippen LogP contribution in [0.15, 0.2) is 24.5 Å². The summed E-state index contributed by atoms with van der Waals surface area (Å²) in [5, 5.41) is 17.3. The van der Waals surface area contributed by atoms with E-state index >= 15 is 0 Å². The molecule has 1 unspecified atom stereocenters. The minimum absolute atomic E-state index is 0.0845. The Kier molecular flexibility index (Phi) is 3.24. The highest BCUT2D eigenvalue weighted by atomic mass is 16.3. The number of hydrogen-bond acceptors (Lipinski definition) is 3. The van der Waals surface area contributed by atoms with Gasteiger partial charge in [0.05, 0.1) is 18.6 Å². The zero-order valence-electron chi connectivity index (χ0n) is 6.64. The Morgan fingerprint density at radius 1 is 1.50 bits per heavy atom. The molecule has 62 valence electrons. The molecule has 0 aliphatic carbocycles. The van der Waals surface area contributed by atoms with Gasteiger partial charge in [0, 0.05) is 12.4 Å². The molecule has 1 atom stereocenters. The van der Waals surface area contributed by atoms with Crippen LogP contribution in [0.1, 0.15) is 5.56 Å². The molecule has 12 heavy (non-hydrogen) atoms. The first-order valence-corrected chi connectivity index (χ1v) is 3.76. The van der Waals surface area contributed by atoms with Gasteiger partial charge in [-0.2, -0.15) is 5.26 Å². The minimum atomic E-state index is -0.299. The fourth-order valence-corrected chi connectivity index (χ4v) is 0.954. The summed E-state index contributed by atoms with van der Waals surface area (Å²) >= 11 is 0. The highest BCUT2D eigenvalue weighted by Crippen LogP contribution is 2.05. The maximum absolute atomic E-state index is 8.75. The van der Waals surface area contributed by atoms with Crippen LogP contribution in [-0.4, -0.2) is 16.7 Å². The number of pyridine rings is 1. The molecule has 0 aliphatic rings. The maximum Gasteiger partial charge on any atom is 0.0734 e. The number of aliphatic hydroxyl groups excluding tert-OH is 1. The van der Waals surface area contributed by atoms with Gasteiger partial charge < -0.3 is 5.11 Å². The lowest BCUT2D eigenvalue weighted by atomic mass is 10.0. The predicted molar refractivity (Wildman–Crippen MR) is 44.1 cm³/mol. The van der Waals surface area contributed by atoms with Crippen LogP contribution in [-0.2, 0) is 6.42 Å². The Bertz CT molecular complexity index is 266. The molecule has 0 saturated heterocycles. The normalized spacial score (nSPS) is 12.0. The van der Waals surface area contributed by atoms with Crippen LogP contribution in [0.2, 0.25) is 0 Å². The highest BCUT2D eigenvalue weighted by molar-refractivity contribution is 5.12. The summed E-state index contributed by atoms with van der Waals surface area (Å²) in [7, 11) is 0. The lowest BCUT2D eigenvalue weighted by molar-refractivity contribution is 0.255. The monoisotopic (exact) mass is 162 g/mol. The van der Waals surface area contributed by atoms with Gasteiger partial charge in [0.1, 0.15) is 0 Å². The number of nitriles is 1. The van der Waals surface area contributed by atoms with Crippen LogP contribution in [0.3, 0.4) is 0 Å². The molecule has 0 amide bonds. The Morgan fingerprint density at radius 3 is 2.67 bits per heavy atom. The molecule has 1 aromatic rings. The quantitative estimate of drug-likeness (QED) is 0.713. The second-order valence-electron chi connectivity index (χ2n) is 2.57. The van der Waals surface area contributed by atoms with E-state index in [0.29, 0.717) is 6.42 Å². The number of nitrogens with zero attached hydrogens (tertiary/aromatic N) is 2. The molecule has 0 fully saturated rings. The predicted octanol–water partition coefficient (Wildman–Crippen LogP) is 0.756. The Balaban J connectivity index is 2.58. The van der Waals surface area contributed by atoms with E-state index in [4.69, 9.17) is 10.4 Å². The van der Waals surface area contributed by atoms with Crippen LogP contribution < -0.4 is 0 Å². The topological polar surface area (TPSA) is 56.9 Å². The van der Waals surface area contributed by atoms with Crippen molar-refractivity contribution >= 4 is 0 Å². The molecule has 0 bridgehead atoms. The van der Waals surface area contributed by atoms with Crippen molar-refractivity contribution in [1.82, 2.24) is 4.98 Å². The van der Waals surface area contributed by atoms with E-state index in [-0.39, 0.29) is 12.5 Å². The molecule has 0 aromatic carbocycles. The molecule has 3 heteroatoms. The summed E-state index contributed by atoms with van der Waals surface area (Å²) in [6, 6.07) is 5.72. The zero-order valence-corrected chi connectivity index (χ0v) is 6.64. The SMILES string of the molecule is N#CC(CO)Cc1ccncc1. The third-order valence-electron chi connectivity index (χ3n) is 1.63. The van der Waals surface area contributed by atoms with E-state index in [1.807, 2.05) is 18.2 Å². The van der Waals surface area contributed by atoms with Gasteiger partial charge in [-0.3, -0.25) is 4.98 Å². The highest BCUT2D eigenvalue weighted by Gasteiger charge is 2.05. The van der Waals surface area contributed by atoms with Gasteiger partial charge in [-0.1, -0.05) is 0 Å². The first-order valence-electron chi connectivity index (χ1n) is 3.76. The Hall–Kier alpha value is -1.40. The lowest BCUT2D eigenvalue weighted by Crippen LogP contribution is -2.06. The van der Waals surface area contributed by atoms with Crippen LogP contribution in [0.25, 0.3) is 0 Å². The fourth-order valence-electron chi connectivity index (χ4n) is 0.954. The van der Waals surface area contributed by atoms with Crippen molar-refractivity contribution in [2.24, 2.45) is 5.92 Å². The van der Waals surface area contributed by atoms with Gasteiger partial charge in [-0.15, -0.1) is 0 Å². The molecular weight excluding hydrogens is 152 g/mol. The van der Waals surface area contributed by atoms with Crippen LogP contribution in [0, 0.1) is 17.2 Å². The molecule has 0 aliphatic heterocycles. The largest absolute Gasteiger partial charge is 0.395 e. The summed E-state index contributed by atoms with van der Waals surface area (Å²) in [6.07, 6.45) is 3.96. The van der Waals surface area contributed by atoms with Crippen LogP contribution in [0.4, 0.5) is 0 Å². The smallest absolute Gasteiger partial charge is 0.0734 e. The van der Waals surface area contributed by atoms with Gasteiger partial charge >= 0.3 is 0 Å². The molecule has 0 radical (unpaired) electrons. The van der Waals surface area contributed by atoms with Gasteiger partial charge in [0.2, 0.25) is 0 Å². The standard InChI is InChI=1S/C9H10N2O/c10-6-9(7-12)5-8-1-3-11-4-2-8/h1-4,9,12H,5,7H2. The van der Waals surface area contributed by atoms with Crippen molar-refractivity contribution in [2.75, 3.05) is 6.61 Å². The average molecular weight is 162 g/mol. The second-order valence-corrected chi connectivity index (χ2v) is 2.57. The Labute approximate surface area is 71.3 Å². The first-order chi connectivity index (χ1) is 5.86. The van der Waals surface area contributed by atoms with E-state index in [2.05, 4.69) is 4.98 Å². The molecular formula is C9H10N2O. The number of aliphatic hydroxyl groups is 1. The summed E-state index contributed by atoms with van der Waals surface area (Å²) < 4.78 is 0. The van der Waals surface area contributed by atoms with E-state index in [9.17, 15) is 0 Å². The zero-order chi connectivity index (χ0) is 8.81. The van der Waals surface area contributed by atoms with E-state index in [1.165, 1.54) is 0 Å². The number of hydrogen-bond donors (Lipinski definition) is 1. The molecule has 1 N–H and O–H groups in total. The van der Waals surface area contributed by atoms with Crippen molar-refractivity contribution in [2.45, 2.75) is 6.42 Å². The van der Waals surface area contributed by atoms with Crippen molar-refractivity contribution in [3.8, 4) is 6.07 Å². The third kappa shape index (κ3) is 2.33. The van der Waals surface area contributed by atoms with Crippen LogP contribution in [0.5, 0.6) is 0 Å². The fraction of sp³-hybridized carbons (Fsp3) is 0.333. The summed E-state index contributed by atoms with van der Waals surface area (Å²) in [6.45, 7) is -0.0845. The van der Waals surface area contributed by atoms with Crippen molar-refractivity contribution in [3.63, 3.8) is 0 Å². The Morgan fingerprint density at radius 2 is 2.17 bits per heavy atom.